The van der Waals surface area contributed by atoms with Crippen LogP contribution in [0, 0.1) is 41.4 Å². The van der Waals surface area contributed by atoms with Gasteiger partial charge in [-0.25, -0.2) is 4.98 Å². The van der Waals surface area contributed by atoms with Crippen LogP contribution in [0.15, 0.2) is 42.7 Å². The number of nitrogens with one attached hydrogen (secondary N) is 1. The number of nitrogen functional groups attached to an aromatic ring is 1. The number of aromatic nitrogens is 2. The van der Waals surface area contributed by atoms with E-state index in [0.717, 1.165) is 80.9 Å². The summed E-state index contributed by atoms with van der Waals surface area (Å²) in [6, 6.07) is 6.21. The Kier molecular flexibility index (Phi) is 16.7. The normalized spacial score (nSPS) is 28.0. The third-order valence-electron chi connectivity index (χ3n) is 14.2. The van der Waals surface area contributed by atoms with Crippen LogP contribution in [0.25, 0.3) is 0 Å². The molecule has 2 aromatic heterocycles. The molecule has 0 radical (unpaired) electrons. The number of carboxylic acids is 1. The lowest BCUT2D eigenvalue weighted by molar-refractivity contribution is -0.146. The Hall–Kier alpha value is -2.68. The number of anilines is 1. The number of H-pyrrole nitrogens is 1. The summed E-state index contributed by atoms with van der Waals surface area (Å²) >= 11 is 0. The number of carbonyl (C=O) groups is 1. The number of aliphatic hydroxyl groups is 3. The van der Waals surface area contributed by atoms with Gasteiger partial charge in [0.25, 0.3) is 0 Å². The van der Waals surface area contributed by atoms with E-state index in [4.69, 9.17) is 5.73 Å². The van der Waals surface area contributed by atoms with E-state index < -0.39 is 23.6 Å². The van der Waals surface area contributed by atoms with E-state index in [-0.39, 0.29) is 30.3 Å². The molecule has 55 heavy (non-hydrogen) atoms. The van der Waals surface area contributed by atoms with E-state index in [0.29, 0.717) is 36.9 Å². The fourth-order valence-electron chi connectivity index (χ4n) is 10.8. The number of unbranched alkanes of at least 4 members (excludes halogenated alkanes) is 4. The molecule has 0 amide bonds. The van der Waals surface area contributed by atoms with E-state index in [2.05, 4.69) is 55.2 Å². The average molecular weight is 762 g/mol. The van der Waals surface area contributed by atoms with Crippen LogP contribution >= 0.6 is 0 Å². The van der Waals surface area contributed by atoms with Crippen LogP contribution in [-0.2, 0) is 17.6 Å². The molecule has 8 heteroatoms. The quantitative estimate of drug-likeness (QED) is 0.0487. The van der Waals surface area contributed by atoms with Crippen molar-refractivity contribution in [2.75, 3.05) is 5.73 Å². The summed E-state index contributed by atoms with van der Waals surface area (Å²) in [4.78, 5) is 20.1. The van der Waals surface area contributed by atoms with Crippen molar-refractivity contribution in [3.8, 4) is 0 Å². The Morgan fingerprint density at radius 2 is 1.80 bits per heavy atom. The van der Waals surface area contributed by atoms with Gasteiger partial charge in [0.05, 0.1) is 23.7 Å². The number of aliphatic hydroxyl groups excluding tert-OH is 2. The Labute approximate surface area is 332 Å². The van der Waals surface area contributed by atoms with Crippen molar-refractivity contribution in [3.05, 3.63) is 59.6 Å². The van der Waals surface area contributed by atoms with Crippen molar-refractivity contribution >= 4 is 11.8 Å². The molecule has 10 atom stereocenters. The topological polar surface area (TPSA) is 153 Å². The van der Waals surface area contributed by atoms with Crippen molar-refractivity contribution in [2.45, 2.75) is 179 Å². The second kappa shape index (κ2) is 21.2. The Balaban J connectivity index is 1.14. The van der Waals surface area contributed by atoms with E-state index >= 15 is 0 Å². The van der Waals surface area contributed by atoms with Crippen LogP contribution in [0.1, 0.15) is 166 Å². The van der Waals surface area contributed by atoms with E-state index in [1.54, 1.807) is 6.20 Å². The molecule has 0 aliphatic heterocycles. The van der Waals surface area contributed by atoms with Gasteiger partial charge in [-0.2, -0.15) is 0 Å². The summed E-state index contributed by atoms with van der Waals surface area (Å²) in [7, 11) is 0. The summed E-state index contributed by atoms with van der Waals surface area (Å²) in [5.41, 5.74) is 8.58. The second-order valence-corrected chi connectivity index (χ2v) is 18.5. The number of rotatable bonds is 23. The summed E-state index contributed by atoms with van der Waals surface area (Å²) < 4.78 is 0. The van der Waals surface area contributed by atoms with Crippen molar-refractivity contribution in [1.82, 2.24) is 9.97 Å². The molecule has 0 unspecified atom stereocenters. The lowest BCUT2D eigenvalue weighted by Gasteiger charge is -2.32. The molecule has 3 aliphatic carbocycles. The van der Waals surface area contributed by atoms with Gasteiger partial charge < -0.3 is 31.1 Å². The largest absolute Gasteiger partial charge is 0.481 e. The monoisotopic (exact) mass is 762 g/mol. The molecule has 308 valence electrons. The average Bonchev–Trinajstić information content (AvgIpc) is 3.92. The molecular weight excluding hydrogens is 687 g/mol. The van der Waals surface area contributed by atoms with Gasteiger partial charge in [-0.1, -0.05) is 97.1 Å². The number of aromatic amines is 1. The molecule has 0 saturated heterocycles. The van der Waals surface area contributed by atoms with Crippen LogP contribution < -0.4 is 5.73 Å². The number of hydrogen-bond donors (Lipinski definition) is 6. The molecule has 2 heterocycles. The van der Waals surface area contributed by atoms with Gasteiger partial charge in [-0.05, 0) is 135 Å². The van der Waals surface area contributed by atoms with Crippen LogP contribution in [0.4, 0.5) is 5.82 Å². The molecular formula is C47H75N3O5. The summed E-state index contributed by atoms with van der Waals surface area (Å²) in [6.07, 6.45) is 26.9. The van der Waals surface area contributed by atoms with Crippen LogP contribution in [-0.4, -0.2) is 54.2 Å². The number of allylic oxidation sites excluding steroid dienone is 1. The standard InChI is InChI=1S/C47H75N3O5/c1-4-5-7-12-34-17-18-38(44(52)26-34)15-8-6-9-16-42(46(53)54)43(51)19-21-47(55)30-36(24-35-20-22-49-45(48)27-35)25-40(47)29-41-28-39(31-50-41)33(3)23-32(2)37-13-10-11-14-37/h17-18,20,22,27-28,31-34,36-38,40,42-44,50-52,55H,4-16,19,21,23-26,29-30H2,1-3H3,(H2,48,49)(H,53,54)/t32-,33-,34-,36+,38-,40+,42+,43-,44-,47-/m1/s1. The minimum Gasteiger partial charge on any atom is -0.481 e. The molecule has 8 nitrogen and oxygen atoms in total. The zero-order chi connectivity index (χ0) is 39.4. The molecule has 5 rings (SSSR count). The van der Waals surface area contributed by atoms with Gasteiger partial charge in [0.15, 0.2) is 0 Å². The predicted molar refractivity (Wildman–Crippen MR) is 223 cm³/mol. The molecule has 3 aliphatic rings. The minimum absolute atomic E-state index is 0.0119. The van der Waals surface area contributed by atoms with E-state index in [1.165, 1.54) is 56.9 Å². The third kappa shape index (κ3) is 12.9. The highest BCUT2D eigenvalue weighted by Crippen LogP contribution is 2.46. The molecule has 0 bridgehead atoms. The number of nitrogens with two attached hydrogens (primary N) is 1. The highest BCUT2D eigenvalue weighted by atomic mass is 16.4. The Morgan fingerprint density at radius 1 is 1.02 bits per heavy atom. The summed E-state index contributed by atoms with van der Waals surface area (Å²) in [6.45, 7) is 6.97. The van der Waals surface area contributed by atoms with Crippen LogP contribution in [0.5, 0.6) is 0 Å². The number of nitrogens with zero attached hydrogens (tertiary/aromatic N) is 1. The van der Waals surface area contributed by atoms with Crippen molar-refractivity contribution in [3.63, 3.8) is 0 Å². The van der Waals surface area contributed by atoms with Gasteiger partial charge in [0.1, 0.15) is 5.82 Å². The summed E-state index contributed by atoms with van der Waals surface area (Å²) in [5.74, 6) is 1.61. The zero-order valence-corrected chi connectivity index (χ0v) is 34.4. The van der Waals surface area contributed by atoms with Gasteiger partial charge in [-0.3, -0.25) is 4.79 Å². The maximum Gasteiger partial charge on any atom is 0.309 e. The third-order valence-corrected chi connectivity index (χ3v) is 14.2. The van der Waals surface area contributed by atoms with Crippen molar-refractivity contribution in [1.29, 1.82) is 0 Å². The molecule has 7 N–H and O–H groups in total. The molecule has 2 saturated carbocycles. The second-order valence-electron chi connectivity index (χ2n) is 18.5. The maximum absolute atomic E-state index is 12.4. The smallest absolute Gasteiger partial charge is 0.309 e. The van der Waals surface area contributed by atoms with Gasteiger partial charge in [0.2, 0.25) is 0 Å². The van der Waals surface area contributed by atoms with Gasteiger partial charge in [-0.15, -0.1) is 0 Å². The first-order chi connectivity index (χ1) is 26.4. The first-order valence-corrected chi connectivity index (χ1v) is 22.3. The maximum atomic E-state index is 12.4. The number of aliphatic carboxylic acids is 1. The number of pyridine rings is 1. The zero-order valence-electron chi connectivity index (χ0n) is 34.4. The van der Waals surface area contributed by atoms with Crippen LogP contribution in [0.2, 0.25) is 0 Å². The highest BCUT2D eigenvalue weighted by molar-refractivity contribution is 5.70. The van der Waals surface area contributed by atoms with Gasteiger partial charge >= 0.3 is 5.97 Å². The van der Waals surface area contributed by atoms with Crippen LogP contribution in [0.3, 0.4) is 0 Å². The van der Waals surface area contributed by atoms with E-state index in [9.17, 15) is 25.2 Å². The Bertz CT molecular complexity index is 1470. The van der Waals surface area contributed by atoms with Crippen molar-refractivity contribution in [2.24, 2.45) is 41.4 Å². The molecule has 2 fully saturated rings. The van der Waals surface area contributed by atoms with Crippen molar-refractivity contribution < 1.29 is 25.2 Å². The fourth-order valence-corrected chi connectivity index (χ4v) is 10.8. The first kappa shape index (κ1) is 43.4. The highest BCUT2D eigenvalue weighted by Gasteiger charge is 2.46. The lowest BCUT2D eigenvalue weighted by atomic mass is 9.80. The molecule has 0 aromatic carbocycles. The fraction of sp³-hybridized carbons (Fsp3) is 0.745. The molecule has 2 aromatic rings. The predicted octanol–water partition coefficient (Wildman–Crippen LogP) is 9.78. The minimum atomic E-state index is -1.02. The first-order valence-electron chi connectivity index (χ1n) is 22.3. The number of hydrogen-bond acceptors (Lipinski definition) is 6. The SMILES string of the molecule is CCCCC[C@@H]1C=C[C@@H](CCCCC[C@H](C(=O)O)[C@H](O)CC[C@@]2(O)C[C@@H](Cc3ccnc(N)c3)C[C@H]2Cc2cc([C@H](C)C[C@@H](C)C3CCCC3)c[nH]2)[C@H](O)C1. The lowest BCUT2D eigenvalue weighted by Crippen LogP contribution is -2.37. The summed E-state index contributed by atoms with van der Waals surface area (Å²) in [5, 5.41) is 44.6. The van der Waals surface area contributed by atoms with E-state index in [1.807, 2.05) is 12.1 Å². The Morgan fingerprint density at radius 3 is 2.53 bits per heavy atom. The molecule has 0 spiro atoms. The number of carboxylic acid groups (broad SMARTS) is 1. The van der Waals surface area contributed by atoms with Gasteiger partial charge in [0, 0.05) is 24.0 Å².